The fourth-order valence-electron chi connectivity index (χ4n) is 3.78. The number of carbonyl (C=O) groups is 2. The third kappa shape index (κ3) is 1.68. The predicted octanol–water partition coefficient (Wildman–Crippen LogP) is 2.22. The lowest BCUT2D eigenvalue weighted by Gasteiger charge is -2.54. The number of halogens is 1. The molecule has 0 radical (unpaired) electrons. The Morgan fingerprint density at radius 3 is 2.57 bits per heavy atom. The van der Waals surface area contributed by atoms with Crippen LogP contribution >= 0.6 is 11.6 Å². The van der Waals surface area contributed by atoms with E-state index in [1.54, 1.807) is 0 Å². The summed E-state index contributed by atoms with van der Waals surface area (Å²) < 4.78 is 5.45. The minimum atomic E-state index is -0.984. The van der Waals surface area contributed by atoms with E-state index in [2.05, 4.69) is 5.32 Å². The molecule has 2 saturated heterocycles. The van der Waals surface area contributed by atoms with Crippen LogP contribution in [0.2, 0.25) is 0 Å². The molecule has 4 nitrogen and oxygen atoms in total. The number of ether oxygens (including phenoxy) is 1. The fraction of sp³-hybridized carbons (Fsp3) is 0.500. The van der Waals surface area contributed by atoms with Gasteiger partial charge in [0.05, 0.1) is 5.92 Å². The number of carbonyl (C=O) groups excluding carboxylic acids is 2. The maximum atomic E-state index is 12.3. The van der Waals surface area contributed by atoms with Crippen LogP contribution in [0.5, 0.6) is 0 Å². The maximum absolute atomic E-state index is 12.3. The molecule has 0 saturated carbocycles. The lowest BCUT2D eigenvalue weighted by Crippen LogP contribution is -2.76. The molecule has 1 aromatic rings. The summed E-state index contributed by atoms with van der Waals surface area (Å²) in [5, 5.41) is 2.92. The van der Waals surface area contributed by atoms with Crippen molar-refractivity contribution in [2.45, 2.75) is 37.3 Å². The van der Waals surface area contributed by atoms with Crippen molar-refractivity contribution in [1.29, 1.82) is 0 Å². The summed E-state index contributed by atoms with van der Waals surface area (Å²) in [6.45, 7) is 3.79. The molecule has 112 valence electrons. The molecule has 4 atom stereocenters. The van der Waals surface area contributed by atoms with Crippen LogP contribution in [0.25, 0.3) is 0 Å². The first-order valence-electron chi connectivity index (χ1n) is 7.13. The minimum absolute atomic E-state index is 0.146. The Kier molecular flexibility index (Phi) is 3.24. The monoisotopic (exact) mass is 307 g/mol. The molecule has 21 heavy (non-hydrogen) atoms. The Hall–Kier alpha value is -1.55. The Morgan fingerprint density at radius 1 is 1.33 bits per heavy atom. The van der Waals surface area contributed by atoms with Crippen LogP contribution in [-0.2, 0) is 14.3 Å². The molecular weight excluding hydrogens is 290 g/mol. The second kappa shape index (κ2) is 4.73. The Morgan fingerprint density at radius 2 is 2.00 bits per heavy atom. The normalized spacial score (nSPS) is 35.5. The number of hydrogen-bond acceptors (Lipinski definition) is 3. The molecule has 2 heterocycles. The highest BCUT2D eigenvalue weighted by Gasteiger charge is 2.77. The summed E-state index contributed by atoms with van der Waals surface area (Å²) in [6.07, 6.45) is 0.500. The van der Waals surface area contributed by atoms with Crippen LogP contribution < -0.4 is 5.32 Å². The molecule has 0 aliphatic carbocycles. The zero-order valence-electron chi connectivity index (χ0n) is 12.1. The summed E-state index contributed by atoms with van der Waals surface area (Å²) in [7, 11) is 0. The van der Waals surface area contributed by atoms with Gasteiger partial charge in [0.1, 0.15) is 0 Å². The van der Waals surface area contributed by atoms with Gasteiger partial charge in [0.2, 0.25) is 5.91 Å². The summed E-state index contributed by atoms with van der Waals surface area (Å²) in [5.74, 6) is -0.687. The third-order valence-electron chi connectivity index (χ3n) is 5.06. The molecule has 0 aromatic heterocycles. The number of benzene rings is 1. The van der Waals surface area contributed by atoms with Gasteiger partial charge in [0, 0.05) is 11.8 Å². The van der Waals surface area contributed by atoms with Crippen LogP contribution in [0.1, 0.15) is 31.7 Å². The lowest BCUT2D eigenvalue weighted by atomic mass is 9.63. The quantitative estimate of drug-likeness (QED) is 0.685. The first kappa shape index (κ1) is 14.4. The van der Waals surface area contributed by atoms with Gasteiger partial charge in [-0.3, -0.25) is 4.79 Å². The number of fused-ring (bicyclic) bond motifs is 1. The average molecular weight is 308 g/mol. The molecule has 5 heteroatoms. The SMILES string of the molecule is CC(c1ccccc1)[C@@]12NC(=O)[C@H](CCCl)[C@]1(C)OC2=O. The highest BCUT2D eigenvalue weighted by Crippen LogP contribution is 2.55. The van der Waals surface area contributed by atoms with Crippen LogP contribution in [0.15, 0.2) is 30.3 Å². The first-order chi connectivity index (χ1) is 9.97. The largest absolute Gasteiger partial charge is 0.453 e. The Bertz CT molecular complexity index is 590. The number of rotatable bonds is 4. The number of nitrogens with one attached hydrogen (secondary N) is 1. The molecule has 1 unspecified atom stereocenters. The smallest absolute Gasteiger partial charge is 0.337 e. The predicted molar refractivity (Wildman–Crippen MR) is 79.1 cm³/mol. The molecule has 2 fully saturated rings. The van der Waals surface area contributed by atoms with Gasteiger partial charge in [0.25, 0.3) is 0 Å². The highest BCUT2D eigenvalue weighted by atomic mass is 35.5. The lowest BCUT2D eigenvalue weighted by molar-refractivity contribution is -0.223. The number of alkyl halides is 1. The highest BCUT2D eigenvalue weighted by molar-refractivity contribution is 6.18. The molecule has 1 amide bonds. The standard InChI is InChI=1S/C16H18ClNO3/c1-10(11-6-4-3-5-7-11)16-14(20)21-15(16,2)12(8-9-17)13(19)18-16/h3-7,10,12H,8-9H2,1-2H3,(H,18,19)/t10?,12-,15-,16-/m0/s1. The first-order valence-corrected chi connectivity index (χ1v) is 7.67. The summed E-state index contributed by atoms with van der Waals surface area (Å²) >= 11 is 5.80. The van der Waals surface area contributed by atoms with Gasteiger partial charge in [-0.1, -0.05) is 37.3 Å². The van der Waals surface area contributed by atoms with Gasteiger partial charge in [0.15, 0.2) is 11.1 Å². The van der Waals surface area contributed by atoms with E-state index in [-0.39, 0.29) is 23.7 Å². The second-order valence-electron chi connectivity index (χ2n) is 5.96. The third-order valence-corrected chi connectivity index (χ3v) is 5.28. The minimum Gasteiger partial charge on any atom is -0.453 e. The van der Waals surface area contributed by atoms with Gasteiger partial charge in [-0.2, -0.15) is 0 Å². The fourth-order valence-corrected chi connectivity index (χ4v) is 4.00. The van der Waals surface area contributed by atoms with E-state index in [0.717, 1.165) is 5.56 Å². The molecular formula is C16H18ClNO3. The molecule has 2 aliphatic rings. The van der Waals surface area contributed by atoms with E-state index >= 15 is 0 Å². The molecule has 0 spiro atoms. The van der Waals surface area contributed by atoms with Crippen molar-refractivity contribution in [2.24, 2.45) is 5.92 Å². The van der Waals surface area contributed by atoms with Crippen LogP contribution in [-0.4, -0.2) is 28.9 Å². The maximum Gasteiger partial charge on any atom is 0.337 e. The van der Waals surface area contributed by atoms with Gasteiger partial charge >= 0.3 is 5.97 Å². The van der Waals surface area contributed by atoms with E-state index < -0.39 is 11.1 Å². The van der Waals surface area contributed by atoms with Crippen molar-refractivity contribution in [3.8, 4) is 0 Å². The number of amides is 1. The molecule has 2 aliphatic heterocycles. The zero-order chi connectivity index (χ0) is 15.3. The zero-order valence-corrected chi connectivity index (χ0v) is 12.8. The Labute approximate surface area is 128 Å². The van der Waals surface area contributed by atoms with E-state index in [1.165, 1.54) is 0 Å². The van der Waals surface area contributed by atoms with Crippen molar-refractivity contribution in [1.82, 2.24) is 5.32 Å². The second-order valence-corrected chi connectivity index (χ2v) is 6.33. The van der Waals surface area contributed by atoms with Crippen molar-refractivity contribution in [2.75, 3.05) is 5.88 Å². The molecule has 1 aromatic carbocycles. The summed E-state index contributed by atoms with van der Waals surface area (Å²) in [5.41, 5.74) is -0.805. The summed E-state index contributed by atoms with van der Waals surface area (Å²) in [4.78, 5) is 24.6. The van der Waals surface area contributed by atoms with E-state index in [9.17, 15) is 9.59 Å². The van der Waals surface area contributed by atoms with Gasteiger partial charge in [-0.15, -0.1) is 11.6 Å². The van der Waals surface area contributed by atoms with Crippen LogP contribution in [0.4, 0.5) is 0 Å². The van der Waals surface area contributed by atoms with Crippen LogP contribution in [0.3, 0.4) is 0 Å². The van der Waals surface area contributed by atoms with Crippen molar-refractivity contribution in [3.63, 3.8) is 0 Å². The van der Waals surface area contributed by atoms with E-state index in [1.807, 2.05) is 44.2 Å². The van der Waals surface area contributed by atoms with Gasteiger partial charge in [-0.25, -0.2) is 4.79 Å². The van der Waals surface area contributed by atoms with E-state index in [4.69, 9.17) is 16.3 Å². The number of hydrogen-bond donors (Lipinski definition) is 1. The Balaban J connectivity index is 2.03. The molecule has 0 bridgehead atoms. The van der Waals surface area contributed by atoms with Crippen LogP contribution in [0, 0.1) is 5.92 Å². The van der Waals surface area contributed by atoms with Crippen molar-refractivity contribution >= 4 is 23.5 Å². The van der Waals surface area contributed by atoms with Gasteiger partial charge in [-0.05, 0) is 18.9 Å². The number of esters is 1. The average Bonchev–Trinajstić information content (AvgIpc) is 2.65. The van der Waals surface area contributed by atoms with Crippen molar-refractivity contribution in [3.05, 3.63) is 35.9 Å². The van der Waals surface area contributed by atoms with Crippen molar-refractivity contribution < 1.29 is 14.3 Å². The molecule has 3 rings (SSSR count). The molecule has 1 N–H and O–H groups in total. The van der Waals surface area contributed by atoms with E-state index in [0.29, 0.717) is 12.3 Å². The summed E-state index contributed by atoms with van der Waals surface area (Å²) in [6, 6.07) is 9.71. The topological polar surface area (TPSA) is 55.4 Å². The van der Waals surface area contributed by atoms with Gasteiger partial charge < -0.3 is 10.1 Å².